The Labute approximate surface area is 150 Å². The van der Waals surface area contributed by atoms with Crippen molar-refractivity contribution in [3.05, 3.63) is 72.8 Å². The van der Waals surface area contributed by atoms with Crippen LogP contribution in [0.25, 0.3) is 33.5 Å². The molecule has 2 heterocycles. The van der Waals surface area contributed by atoms with Gasteiger partial charge in [-0.05, 0) is 67.6 Å². The van der Waals surface area contributed by atoms with Crippen molar-refractivity contribution in [3.63, 3.8) is 0 Å². The van der Waals surface area contributed by atoms with Gasteiger partial charge in [-0.2, -0.15) is 0 Å². The van der Waals surface area contributed by atoms with Gasteiger partial charge in [-0.1, -0.05) is 0 Å². The number of aromatic nitrogens is 3. The van der Waals surface area contributed by atoms with E-state index in [0.29, 0.717) is 12.1 Å². The van der Waals surface area contributed by atoms with E-state index in [1.807, 2.05) is 43.3 Å². The van der Waals surface area contributed by atoms with Crippen molar-refractivity contribution in [2.24, 2.45) is 0 Å². The highest BCUT2D eigenvalue weighted by Gasteiger charge is 2.10. The van der Waals surface area contributed by atoms with Crippen molar-refractivity contribution in [2.45, 2.75) is 6.92 Å². The average Bonchev–Trinajstić information content (AvgIpc) is 2.69. The van der Waals surface area contributed by atoms with E-state index < -0.39 is 0 Å². The summed E-state index contributed by atoms with van der Waals surface area (Å²) in [7, 11) is 0. The first kappa shape index (κ1) is 16.1. The van der Waals surface area contributed by atoms with Crippen LogP contribution in [0.2, 0.25) is 0 Å². The molecule has 128 valence electrons. The Morgan fingerprint density at radius 3 is 2.31 bits per heavy atom. The molecule has 0 spiro atoms. The topological polar surface area (TPSA) is 47.9 Å². The van der Waals surface area contributed by atoms with E-state index in [4.69, 9.17) is 9.72 Å². The van der Waals surface area contributed by atoms with Crippen molar-refractivity contribution in [1.82, 2.24) is 15.0 Å². The highest BCUT2D eigenvalue weighted by Crippen LogP contribution is 2.28. The minimum absolute atomic E-state index is 0.270. The van der Waals surface area contributed by atoms with Gasteiger partial charge in [-0.3, -0.25) is 0 Å². The second kappa shape index (κ2) is 6.88. The normalized spacial score (nSPS) is 10.8. The first-order valence-corrected chi connectivity index (χ1v) is 8.35. The number of hydrogen-bond acceptors (Lipinski definition) is 4. The van der Waals surface area contributed by atoms with E-state index in [1.165, 1.54) is 18.5 Å². The fraction of sp³-hybridized carbons (Fsp3) is 0.0952. The average molecular weight is 345 g/mol. The molecule has 0 fully saturated rings. The monoisotopic (exact) mass is 345 g/mol. The number of benzene rings is 2. The highest BCUT2D eigenvalue weighted by molar-refractivity contribution is 5.90. The fourth-order valence-electron chi connectivity index (χ4n) is 2.81. The fourth-order valence-corrected chi connectivity index (χ4v) is 2.81. The first-order valence-electron chi connectivity index (χ1n) is 8.35. The molecule has 4 aromatic rings. The summed E-state index contributed by atoms with van der Waals surface area (Å²) in [4.78, 5) is 13.5. The molecular weight excluding hydrogens is 329 g/mol. The lowest BCUT2D eigenvalue weighted by atomic mass is 10.1. The molecule has 4 rings (SSSR count). The summed E-state index contributed by atoms with van der Waals surface area (Å²) in [6, 6.07) is 17.8. The van der Waals surface area contributed by atoms with Gasteiger partial charge in [0.25, 0.3) is 0 Å². The molecule has 26 heavy (non-hydrogen) atoms. The third-order valence-electron chi connectivity index (χ3n) is 4.06. The zero-order valence-electron chi connectivity index (χ0n) is 14.2. The van der Waals surface area contributed by atoms with Crippen LogP contribution < -0.4 is 4.74 Å². The number of pyridine rings is 1. The van der Waals surface area contributed by atoms with Crippen LogP contribution >= 0.6 is 0 Å². The maximum absolute atomic E-state index is 13.2. The minimum atomic E-state index is -0.270. The zero-order chi connectivity index (χ0) is 17.9. The number of ether oxygens (including phenoxy) is 1. The molecule has 0 aliphatic carbocycles. The molecule has 2 aromatic carbocycles. The molecular formula is C21H16FN3O. The number of nitrogens with zero attached hydrogens (tertiary/aromatic N) is 3. The maximum atomic E-state index is 13.2. The van der Waals surface area contributed by atoms with Crippen molar-refractivity contribution in [3.8, 4) is 28.3 Å². The smallest absolute Gasteiger partial charge is 0.123 e. The Kier molecular flexibility index (Phi) is 4.27. The van der Waals surface area contributed by atoms with Gasteiger partial charge in [-0.25, -0.2) is 19.3 Å². The van der Waals surface area contributed by atoms with Crippen molar-refractivity contribution >= 4 is 11.0 Å². The lowest BCUT2D eigenvalue weighted by Gasteiger charge is -2.08. The third-order valence-corrected chi connectivity index (χ3v) is 4.06. The number of rotatable bonds is 4. The van der Waals surface area contributed by atoms with Crippen LogP contribution in [-0.2, 0) is 0 Å². The summed E-state index contributed by atoms with van der Waals surface area (Å²) in [6.07, 6.45) is 1.54. The van der Waals surface area contributed by atoms with E-state index >= 15 is 0 Å². The van der Waals surface area contributed by atoms with Gasteiger partial charge in [0.15, 0.2) is 0 Å². The molecule has 0 aliphatic heterocycles. The van der Waals surface area contributed by atoms with Crippen molar-refractivity contribution in [1.29, 1.82) is 0 Å². The van der Waals surface area contributed by atoms with E-state index in [-0.39, 0.29) is 5.82 Å². The Bertz CT molecular complexity index is 1050. The largest absolute Gasteiger partial charge is 0.494 e. The molecule has 0 aliphatic rings. The van der Waals surface area contributed by atoms with Crippen LogP contribution in [0.3, 0.4) is 0 Å². The Morgan fingerprint density at radius 2 is 1.58 bits per heavy atom. The third kappa shape index (κ3) is 3.11. The summed E-state index contributed by atoms with van der Waals surface area (Å²) in [5.41, 5.74) is 4.74. The van der Waals surface area contributed by atoms with Crippen LogP contribution in [-0.4, -0.2) is 21.6 Å². The standard InChI is InChI=1S/C21H16FN3O/c1-2-26-17-9-5-15(6-10-17)20-21-19(23-13-24-20)12-11-18(25-21)14-3-7-16(22)8-4-14/h3-13H,2H2,1H3. The predicted octanol–water partition coefficient (Wildman–Crippen LogP) is 4.90. The Morgan fingerprint density at radius 1 is 0.846 bits per heavy atom. The van der Waals surface area contributed by atoms with Gasteiger partial charge in [0.1, 0.15) is 23.4 Å². The molecule has 0 unspecified atom stereocenters. The number of hydrogen-bond donors (Lipinski definition) is 0. The van der Waals surface area contributed by atoms with E-state index in [1.54, 1.807) is 12.1 Å². The molecule has 0 atom stereocenters. The van der Waals surface area contributed by atoms with Gasteiger partial charge in [-0.15, -0.1) is 0 Å². The van der Waals surface area contributed by atoms with Gasteiger partial charge >= 0.3 is 0 Å². The Hall–Kier alpha value is -3.34. The van der Waals surface area contributed by atoms with Crippen LogP contribution in [0.4, 0.5) is 4.39 Å². The molecule has 0 saturated heterocycles. The predicted molar refractivity (Wildman–Crippen MR) is 99.3 cm³/mol. The van der Waals surface area contributed by atoms with Gasteiger partial charge in [0.05, 0.1) is 23.5 Å². The molecule has 0 saturated carbocycles. The molecule has 0 N–H and O–H groups in total. The quantitative estimate of drug-likeness (QED) is 0.528. The van der Waals surface area contributed by atoms with Crippen LogP contribution in [0.5, 0.6) is 5.75 Å². The van der Waals surface area contributed by atoms with Gasteiger partial charge < -0.3 is 4.74 Å². The number of halogens is 1. The SMILES string of the molecule is CCOc1ccc(-c2ncnc3ccc(-c4ccc(F)cc4)nc23)cc1. The molecule has 0 radical (unpaired) electrons. The molecule has 2 aromatic heterocycles. The lowest BCUT2D eigenvalue weighted by Crippen LogP contribution is -1.94. The zero-order valence-corrected chi connectivity index (χ0v) is 14.2. The van der Waals surface area contributed by atoms with E-state index in [0.717, 1.165) is 33.8 Å². The molecule has 5 heteroatoms. The summed E-state index contributed by atoms with van der Waals surface area (Å²) in [6.45, 7) is 2.57. The second-order valence-corrected chi connectivity index (χ2v) is 5.75. The minimum Gasteiger partial charge on any atom is -0.494 e. The summed E-state index contributed by atoms with van der Waals surface area (Å²) in [5, 5.41) is 0. The summed E-state index contributed by atoms with van der Waals surface area (Å²) < 4.78 is 18.7. The van der Waals surface area contributed by atoms with Crippen LogP contribution in [0, 0.1) is 5.82 Å². The van der Waals surface area contributed by atoms with Gasteiger partial charge in [0, 0.05) is 11.1 Å². The molecule has 4 nitrogen and oxygen atoms in total. The van der Waals surface area contributed by atoms with Crippen molar-refractivity contribution in [2.75, 3.05) is 6.61 Å². The van der Waals surface area contributed by atoms with Crippen LogP contribution in [0.1, 0.15) is 6.92 Å². The summed E-state index contributed by atoms with van der Waals surface area (Å²) in [5.74, 6) is 0.544. The van der Waals surface area contributed by atoms with Crippen molar-refractivity contribution < 1.29 is 9.13 Å². The van der Waals surface area contributed by atoms with E-state index in [9.17, 15) is 4.39 Å². The molecule has 0 amide bonds. The van der Waals surface area contributed by atoms with Gasteiger partial charge in [0.2, 0.25) is 0 Å². The molecule has 0 bridgehead atoms. The maximum Gasteiger partial charge on any atom is 0.123 e. The second-order valence-electron chi connectivity index (χ2n) is 5.75. The lowest BCUT2D eigenvalue weighted by molar-refractivity contribution is 0.340. The highest BCUT2D eigenvalue weighted by atomic mass is 19.1. The number of fused-ring (bicyclic) bond motifs is 1. The van der Waals surface area contributed by atoms with Crippen LogP contribution in [0.15, 0.2) is 67.0 Å². The first-order chi connectivity index (χ1) is 12.7. The Balaban J connectivity index is 1.81. The summed E-state index contributed by atoms with van der Waals surface area (Å²) >= 11 is 0. The van der Waals surface area contributed by atoms with E-state index in [2.05, 4.69) is 9.97 Å².